The Morgan fingerprint density at radius 1 is 1.08 bits per heavy atom. The number of aromatic nitrogens is 3. The maximum absolute atomic E-state index is 9.79. The number of hydrogen-bond acceptors (Lipinski definition) is 8. The van der Waals surface area contributed by atoms with E-state index in [-0.39, 0.29) is 0 Å². The van der Waals surface area contributed by atoms with E-state index < -0.39 is 0 Å². The lowest BCUT2D eigenvalue weighted by Crippen LogP contribution is -2.44. The predicted octanol–water partition coefficient (Wildman–Crippen LogP) is 5.37. The molecule has 0 unspecified atom stereocenters. The summed E-state index contributed by atoms with van der Waals surface area (Å²) in [6.45, 7) is 5.03. The molecule has 0 radical (unpaired) electrons. The van der Waals surface area contributed by atoms with Crippen LogP contribution in [0.4, 0.5) is 11.4 Å². The number of anilines is 2. The third-order valence-electron chi connectivity index (χ3n) is 6.46. The summed E-state index contributed by atoms with van der Waals surface area (Å²) in [4.78, 5) is 15.1. The Labute approximate surface area is 223 Å². The maximum atomic E-state index is 9.79. The number of imidazole rings is 1. The molecule has 8 nitrogen and oxygen atoms in total. The topological polar surface area (TPSA) is 82.2 Å². The summed E-state index contributed by atoms with van der Waals surface area (Å²) in [6.07, 6.45) is 3.49. The van der Waals surface area contributed by atoms with Crippen molar-refractivity contribution in [2.75, 3.05) is 45.7 Å². The summed E-state index contributed by atoms with van der Waals surface area (Å²) in [5.41, 5.74) is 3.45. The highest BCUT2D eigenvalue weighted by Gasteiger charge is 2.20. The zero-order chi connectivity index (χ0) is 25.4. The first kappa shape index (κ1) is 24.8. The standard InChI is InChI=1S/C25H25Cl2N7OS/c1-32-4-6-34(7-5-32)14-23-30-13-20(33(23)2)22-10-19-25(36-22)24(15(11-28)12-29-19)31-18-9-21(35-3)17(27)8-16(18)26/h8-10,12-13H,4-7,14H2,1-3H3,(H,29,31). The van der Waals surface area contributed by atoms with E-state index in [1.54, 1.807) is 36.8 Å². The number of piperazine rings is 1. The number of hydrogen-bond donors (Lipinski definition) is 1. The lowest BCUT2D eigenvalue weighted by molar-refractivity contribution is 0.144. The Morgan fingerprint density at radius 2 is 1.86 bits per heavy atom. The van der Waals surface area contributed by atoms with Crippen LogP contribution >= 0.6 is 34.5 Å². The van der Waals surface area contributed by atoms with Gasteiger partial charge in [-0.3, -0.25) is 9.88 Å². The number of thiophene rings is 1. The van der Waals surface area contributed by atoms with Gasteiger partial charge in [-0.25, -0.2) is 4.98 Å². The molecule has 0 bridgehead atoms. The number of benzene rings is 1. The highest BCUT2D eigenvalue weighted by molar-refractivity contribution is 7.22. The number of halogens is 2. The second-order valence-electron chi connectivity index (χ2n) is 8.77. The number of pyridine rings is 1. The SMILES string of the molecule is COc1cc(Nc2c(C#N)cnc3cc(-c4cnc(CN5CCN(C)CC5)n4C)sc23)c(Cl)cc1Cl. The van der Waals surface area contributed by atoms with E-state index in [2.05, 4.69) is 37.8 Å². The van der Waals surface area contributed by atoms with Gasteiger partial charge in [-0.15, -0.1) is 11.3 Å². The number of likely N-dealkylation sites (N-methyl/N-ethyl adjacent to an activating group) is 1. The van der Waals surface area contributed by atoms with Crippen molar-refractivity contribution in [2.24, 2.45) is 7.05 Å². The van der Waals surface area contributed by atoms with Crippen LogP contribution < -0.4 is 10.1 Å². The van der Waals surface area contributed by atoms with Crippen molar-refractivity contribution in [3.8, 4) is 22.4 Å². The van der Waals surface area contributed by atoms with Crippen LogP contribution in [-0.2, 0) is 13.6 Å². The highest BCUT2D eigenvalue weighted by atomic mass is 35.5. The Balaban J connectivity index is 1.49. The highest BCUT2D eigenvalue weighted by Crippen LogP contribution is 2.41. The molecule has 0 aliphatic carbocycles. The Morgan fingerprint density at radius 3 is 2.58 bits per heavy atom. The molecule has 186 valence electrons. The zero-order valence-corrected chi connectivity index (χ0v) is 22.5. The number of nitrogens with zero attached hydrogens (tertiary/aromatic N) is 6. The van der Waals surface area contributed by atoms with E-state index in [1.165, 1.54) is 0 Å². The molecule has 0 atom stereocenters. The van der Waals surface area contributed by atoms with Gasteiger partial charge < -0.3 is 19.5 Å². The van der Waals surface area contributed by atoms with E-state index in [1.807, 2.05) is 19.3 Å². The van der Waals surface area contributed by atoms with Crippen molar-refractivity contribution in [3.05, 3.63) is 52.0 Å². The summed E-state index contributed by atoms with van der Waals surface area (Å²) < 4.78 is 8.34. The molecule has 36 heavy (non-hydrogen) atoms. The second kappa shape index (κ2) is 10.2. The molecular formula is C25H25Cl2N7OS. The smallest absolute Gasteiger partial charge is 0.139 e. The predicted molar refractivity (Wildman–Crippen MR) is 146 cm³/mol. The molecule has 0 amide bonds. The van der Waals surface area contributed by atoms with Crippen molar-refractivity contribution < 1.29 is 4.74 Å². The van der Waals surface area contributed by atoms with Crippen LogP contribution in [0.5, 0.6) is 5.75 Å². The van der Waals surface area contributed by atoms with E-state index >= 15 is 0 Å². The molecule has 1 aliphatic heterocycles. The molecule has 1 fully saturated rings. The van der Waals surface area contributed by atoms with Crippen molar-refractivity contribution >= 4 is 56.1 Å². The minimum Gasteiger partial charge on any atom is -0.495 e. The summed E-state index contributed by atoms with van der Waals surface area (Å²) in [7, 11) is 5.75. The van der Waals surface area contributed by atoms with E-state index in [0.29, 0.717) is 32.7 Å². The lowest BCUT2D eigenvalue weighted by atomic mass is 10.2. The number of rotatable bonds is 6. The third kappa shape index (κ3) is 4.75. The molecule has 0 saturated carbocycles. The molecular weight excluding hydrogens is 517 g/mol. The second-order valence-corrected chi connectivity index (χ2v) is 10.6. The molecule has 5 rings (SSSR count). The van der Waals surface area contributed by atoms with Crippen molar-refractivity contribution in [1.82, 2.24) is 24.3 Å². The van der Waals surface area contributed by atoms with Gasteiger partial charge >= 0.3 is 0 Å². The first-order chi connectivity index (χ1) is 17.4. The Hall–Kier alpha value is -2.87. The molecule has 1 aromatic carbocycles. The minimum absolute atomic E-state index is 0.412. The van der Waals surface area contributed by atoms with Gasteiger partial charge in [-0.05, 0) is 19.2 Å². The van der Waals surface area contributed by atoms with Crippen molar-refractivity contribution in [3.63, 3.8) is 0 Å². The summed E-state index contributed by atoms with van der Waals surface area (Å²) in [5.74, 6) is 1.51. The largest absolute Gasteiger partial charge is 0.495 e. The van der Waals surface area contributed by atoms with Crippen LogP contribution in [0.25, 0.3) is 20.8 Å². The summed E-state index contributed by atoms with van der Waals surface area (Å²) >= 11 is 14.2. The Kier molecular flexibility index (Phi) is 7.06. The van der Waals surface area contributed by atoms with Gasteiger partial charge in [0, 0.05) is 45.5 Å². The fourth-order valence-corrected chi connectivity index (χ4v) is 5.93. The van der Waals surface area contributed by atoms with Gasteiger partial charge in [0.05, 0.1) is 67.6 Å². The number of methoxy groups -OCH3 is 1. The van der Waals surface area contributed by atoms with E-state index in [0.717, 1.165) is 59.3 Å². The van der Waals surface area contributed by atoms with Gasteiger partial charge in [0.25, 0.3) is 0 Å². The van der Waals surface area contributed by atoms with Gasteiger partial charge in [-0.2, -0.15) is 5.26 Å². The molecule has 4 aromatic rings. The van der Waals surface area contributed by atoms with E-state index in [4.69, 9.17) is 32.9 Å². The first-order valence-corrected chi connectivity index (χ1v) is 13.0. The van der Waals surface area contributed by atoms with Gasteiger partial charge in [0.1, 0.15) is 17.6 Å². The molecule has 1 aliphatic rings. The van der Waals surface area contributed by atoms with Crippen LogP contribution in [0.3, 0.4) is 0 Å². The third-order valence-corrected chi connectivity index (χ3v) is 8.23. The van der Waals surface area contributed by atoms with Gasteiger partial charge in [-0.1, -0.05) is 23.2 Å². The van der Waals surface area contributed by atoms with E-state index in [9.17, 15) is 5.26 Å². The number of nitriles is 1. The molecule has 1 saturated heterocycles. The van der Waals surface area contributed by atoms with Crippen LogP contribution in [-0.4, -0.2) is 64.7 Å². The molecule has 1 N–H and O–H groups in total. The van der Waals surface area contributed by atoms with Crippen LogP contribution in [0.15, 0.2) is 30.6 Å². The zero-order valence-electron chi connectivity index (χ0n) is 20.2. The first-order valence-electron chi connectivity index (χ1n) is 11.4. The normalized spacial score (nSPS) is 14.8. The fraction of sp³-hybridized carbons (Fsp3) is 0.320. The number of ether oxygens (including phenoxy) is 1. The molecule has 0 spiro atoms. The van der Waals surface area contributed by atoms with Gasteiger partial charge in [0.2, 0.25) is 0 Å². The summed E-state index contributed by atoms with van der Waals surface area (Å²) in [6, 6.07) is 7.61. The van der Waals surface area contributed by atoms with Crippen LogP contribution in [0, 0.1) is 11.3 Å². The monoisotopic (exact) mass is 541 g/mol. The molecule has 11 heteroatoms. The van der Waals surface area contributed by atoms with Crippen LogP contribution in [0.1, 0.15) is 11.4 Å². The molecule has 3 aromatic heterocycles. The van der Waals surface area contributed by atoms with Crippen molar-refractivity contribution in [2.45, 2.75) is 6.54 Å². The van der Waals surface area contributed by atoms with Crippen LogP contribution in [0.2, 0.25) is 10.0 Å². The Bertz CT molecular complexity index is 1470. The number of fused-ring (bicyclic) bond motifs is 1. The maximum Gasteiger partial charge on any atom is 0.139 e. The average molecular weight is 542 g/mol. The van der Waals surface area contributed by atoms with Crippen molar-refractivity contribution in [1.29, 1.82) is 5.26 Å². The number of nitrogens with one attached hydrogen (secondary N) is 1. The average Bonchev–Trinajstić information content (AvgIpc) is 3.45. The molecule has 4 heterocycles. The fourth-order valence-electron chi connectivity index (χ4n) is 4.26. The quantitative estimate of drug-likeness (QED) is 0.351. The van der Waals surface area contributed by atoms with Gasteiger partial charge in [0.15, 0.2) is 0 Å². The lowest BCUT2D eigenvalue weighted by Gasteiger charge is -2.32. The minimum atomic E-state index is 0.412. The summed E-state index contributed by atoms with van der Waals surface area (Å²) in [5, 5.41) is 13.9.